The standard InChI is InChI=1S/C14H15N3O/c18-13(9-10-5-1-2-6-10)17-14-15-11-7-3-4-8-12(11)16-14/h1,3-5,7-8,10H,2,6,9H2,(H2,15,16,17,18)/t10-/m0/s1. The molecule has 1 aliphatic carbocycles. The molecule has 2 N–H and O–H groups in total. The van der Waals surface area contributed by atoms with E-state index in [0.29, 0.717) is 18.3 Å². The first-order valence-electron chi connectivity index (χ1n) is 6.22. The zero-order valence-corrected chi connectivity index (χ0v) is 10.0. The number of benzene rings is 1. The molecule has 2 aromatic rings. The minimum atomic E-state index is 0.0191. The van der Waals surface area contributed by atoms with E-state index in [2.05, 4.69) is 27.4 Å². The molecule has 0 unspecified atom stereocenters. The minimum absolute atomic E-state index is 0.0191. The average molecular weight is 241 g/mol. The van der Waals surface area contributed by atoms with E-state index in [9.17, 15) is 4.79 Å². The normalized spacial score (nSPS) is 18.3. The predicted octanol–water partition coefficient (Wildman–Crippen LogP) is 2.86. The van der Waals surface area contributed by atoms with Crippen molar-refractivity contribution in [2.24, 2.45) is 5.92 Å². The molecule has 0 aliphatic heterocycles. The summed E-state index contributed by atoms with van der Waals surface area (Å²) in [6.07, 6.45) is 6.96. The largest absolute Gasteiger partial charge is 0.324 e. The van der Waals surface area contributed by atoms with Crippen LogP contribution in [0, 0.1) is 5.92 Å². The van der Waals surface area contributed by atoms with Crippen LogP contribution >= 0.6 is 0 Å². The molecule has 1 amide bonds. The van der Waals surface area contributed by atoms with Crippen molar-refractivity contribution >= 4 is 22.9 Å². The van der Waals surface area contributed by atoms with Crippen LogP contribution in [0.4, 0.5) is 5.95 Å². The van der Waals surface area contributed by atoms with Gasteiger partial charge in [0, 0.05) is 6.42 Å². The quantitative estimate of drug-likeness (QED) is 0.812. The van der Waals surface area contributed by atoms with Gasteiger partial charge >= 0.3 is 0 Å². The lowest BCUT2D eigenvalue weighted by Crippen LogP contribution is -2.15. The lowest BCUT2D eigenvalue weighted by Gasteiger charge is -2.06. The fourth-order valence-corrected chi connectivity index (χ4v) is 2.30. The maximum atomic E-state index is 11.8. The molecule has 0 saturated carbocycles. The number of rotatable bonds is 3. The highest BCUT2D eigenvalue weighted by Crippen LogP contribution is 2.21. The summed E-state index contributed by atoms with van der Waals surface area (Å²) in [6.45, 7) is 0. The first-order chi connectivity index (χ1) is 8.81. The van der Waals surface area contributed by atoms with Gasteiger partial charge in [-0.05, 0) is 30.9 Å². The van der Waals surface area contributed by atoms with Crippen LogP contribution < -0.4 is 5.32 Å². The average Bonchev–Trinajstić information content (AvgIpc) is 2.96. The van der Waals surface area contributed by atoms with E-state index in [1.165, 1.54) is 0 Å². The molecule has 18 heavy (non-hydrogen) atoms. The Kier molecular flexibility index (Phi) is 2.84. The summed E-state index contributed by atoms with van der Waals surface area (Å²) in [6, 6.07) is 7.73. The molecule has 0 saturated heterocycles. The Morgan fingerprint density at radius 1 is 1.44 bits per heavy atom. The van der Waals surface area contributed by atoms with Crippen molar-refractivity contribution < 1.29 is 4.79 Å². The SMILES string of the molecule is O=C(C[C@H]1C=CCC1)Nc1nc2ccccc2[nH]1. The molecule has 0 fully saturated rings. The highest BCUT2D eigenvalue weighted by atomic mass is 16.1. The molecule has 4 nitrogen and oxygen atoms in total. The van der Waals surface area contributed by atoms with Crippen LogP contribution in [-0.2, 0) is 4.79 Å². The van der Waals surface area contributed by atoms with Gasteiger partial charge in [-0.3, -0.25) is 10.1 Å². The third kappa shape index (κ3) is 2.27. The molecule has 1 aromatic carbocycles. The van der Waals surface area contributed by atoms with Gasteiger partial charge in [0.05, 0.1) is 11.0 Å². The Balaban J connectivity index is 1.68. The number of H-pyrrole nitrogens is 1. The number of imidazole rings is 1. The number of carbonyl (C=O) groups is 1. The maximum absolute atomic E-state index is 11.8. The monoisotopic (exact) mass is 241 g/mol. The van der Waals surface area contributed by atoms with Gasteiger partial charge in [0.25, 0.3) is 0 Å². The number of hydrogen-bond donors (Lipinski definition) is 2. The smallest absolute Gasteiger partial charge is 0.227 e. The number of carbonyl (C=O) groups excluding carboxylic acids is 1. The number of para-hydroxylation sites is 2. The van der Waals surface area contributed by atoms with Gasteiger partial charge in [-0.25, -0.2) is 4.98 Å². The third-order valence-electron chi connectivity index (χ3n) is 3.21. The van der Waals surface area contributed by atoms with Gasteiger partial charge in [-0.15, -0.1) is 0 Å². The van der Waals surface area contributed by atoms with E-state index >= 15 is 0 Å². The molecule has 1 heterocycles. The molecular formula is C14H15N3O. The van der Waals surface area contributed by atoms with Crippen molar-refractivity contribution in [3.8, 4) is 0 Å². The van der Waals surface area contributed by atoms with Crippen molar-refractivity contribution in [1.82, 2.24) is 9.97 Å². The summed E-state index contributed by atoms with van der Waals surface area (Å²) in [4.78, 5) is 19.3. The van der Waals surface area contributed by atoms with E-state index in [4.69, 9.17) is 0 Å². The summed E-state index contributed by atoms with van der Waals surface area (Å²) in [5.41, 5.74) is 1.81. The number of nitrogens with one attached hydrogen (secondary N) is 2. The Morgan fingerprint density at radius 3 is 3.11 bits per heavy atom. The van der Waals surface area contributed by atoms with Crippen LogP contribution in [0.5, 0.6) is 0 Å². The van der Waals surface area contributed by atoms with Crippen molar-refractivity contribution in [1.29, 1.82) is 0 Å². The van der Waals surface area contributed by atoms with Crippen molar-refractivity contribution in [3.05, 3.63) is 36.4 Å². The number of aromatic amines is 1. The fourth-order valence-electron chi connectivity index (χ4n) is 2.30. The van der Waals surface area contributed by atoms with Crippen molar-refractivity contribution in [2.45, 2.75) is 19.3 Å². The first-order valence-corrected chi connectivity index (χ1v) is 6.22. The van der Waals surface area contributed by atoms with Gasteiger partial charge in [-0.2, -0.15) is 0 Å². The second-order valence-electron chi connectivity index (χ2n) is 4.62. The Labute approximate surface area is 105 Å². The Morgan fingerprint density at radius 2 is 2.33 bits per heavy atom. The molecule has 3 rings (SSSR count). The number of nitrogens with zero attached hydrogens (tertiary/aromatic N) is 1. The van der Waals surface area contributed by atoms with Gasteiger partial charge in [0.15, 0.2) is 0 Å². The second kappa shape index (κ2) is 4.64. The van der Waals surface area contributed by atoms with Gasteiger partial charge in [0.2, 0.25) is 11.9 Å². The number of anilines is 1. The van der Waals surface area contributed by atoms with Gasteiger partial charge in [0.1, 0.15) is 0 Å². The van der Waals surface area contributed by atoms with Crippen molar-refractivity contribution in [2.75, 3.05) is 5.32 Å². The molecule has 4 heteroatoms. The molecule has 0 spiro atoms. The lowest BCUT2D eigenvalue weighted by molar-refractivity contribution is -0.116. The van der Waals surface area contributed by atoms with Crippen LogP contribution in [0.15, 0.2) is 36.4 Å². The van der Waals surface area contributed by atoms with Crippen LogP contribution in [0.3, 0.4) is 0 Å². The second-order valence-corrected chi connectivity index (χ2v) is 4.62. The molecule has 1 aromatic heterocycles. The summed E-state index contributed by atoms with van der Waals surface area (Å²) in [7, 11) is 0. The zero-order valence-electron chi connectivity index (χ0n) is 10.0. The van der Waals surface area contributed by atoms with Gasteiger partial charge in [-0.1, -0.05) is 24.3 Å². The van der Waals surface area contributed by atoms with E-state index < -0.39 is 0 Å². The number of amides is 1. The van der Waals surface area contributed by atoms with Crippen LogP contribution in [0.25, 0.3) is 11.0 Å². The molecule has 1 aliphatic rings. The molecule has 92 valence electrons. The van der Waals surface area contributed by atoms with Crippen LogP contribution in [0.1, 0.15) is 19.3 Å². The van der Waals surface area contributed by atoms with Crippen molar-refractivity contribution in [3.63, 3.8) is 0 Å². The van der Waals surface area contributed by atoms with Gasteiger partial charge < -0.3 is 4.98 Å². The fraction of sp³-hybridized carbons (Fsp3) is 0.286. The molecule has 1 atom stereocenters. The summed E-state index contributed by atoms with van der Waals surface area (Å²) >= 11 is 0. The number of fused-ring (bicyclic) bond motifs is 1. The predicted molar refractivity (Wildman–Crippen MR) is 71.2 cm³/mol. The zero-order chi connectivity index (χ0) is 12.4. The summed E-state index contributed by atoms with van der Waals surface area (Å²) < 4.78 is 0. The molecule has 0 bridgehead atoms. The highest BCUT2D eigenvalue weighted by molar-refractivity contribution is 5.91. The van der Waals surface area contributed by atoms with Crippen LogP contribution in [0.2, 0.25) is 0 Å². The Hall–Kier alpha value is -2.10. The lowest BCUT2D eigenvalue weighted by atomic mass is 10.1. The maximum Gasteiger partial charge on any atom is 0.227 e. The first kappa shape index (κ1) is 11.0. The minimum Gasteiger partial charge on any atom is -0.324 e. The van der Waals surface area contributed by atoms with E-state index in [0.717, 1.165) is 23.9 Å². The molecular weight excluding hydrogens is 226 g/mol. The number of allylic oxidation sites excluding steroid dienone is 2. The van der Waals surface area contributed by atoms with E-state index in [1.54, 1.807) is 0 Å². The third-order valence-corrected chi connectivity index (χ3v) is 3.21. The number of aromatic nitrogens is 2. The topological polar surface area (TPSA) is 57.8 Å². The van der Waals surface area contributed by atoms with E-state index in [-0.39, 0.29) is 5.91 Å². The number of hydrogen-bond acceptors (Lipinski definition) is 2. The van der Waals surface area contributed by atoms with E-state index in [1.807, 2.05) is 24.3 Å². The highest BCUT2D eigenvalue weighted by Gasteiger charge is 2.14. The summed E-state index contributed by atoms with van der Waals surface area (Å²) in [5, 5.41) is 2.82. The summed E-state index contributed by atoms with van der Waals surface area (Å²) in [5.74, 6) is 0.933. The van der Waals surface area contributed by atoms with Crippen LogP contribution in [-0.4, -0.2) is 15.9 Å². The Bertz CT molecular complexity index is 567. The molecule has 0 radical (unpaired) electrons.